The van der Waals surface area contributed by atoms with E-state index in [2.05, 4.69) is 29.3 Å². The summed E-state index contributed by atoms with van der Waals surface area (Å²) >= 11 is 0. The third-order valence-corrected chi connectivity index (χ3v) is 1.88. The first-order valence-electron chi connectivity index (χ1n) is 3.94. The maximum absolute atomic E-state index is 4.03. The van der Waals surface area contributed by atoms with Crippen LogP contribution in [0.1, 0.15) is 25.3 Å². The fraction of sp³-hybridized carbons (Fsp3) is 0.375. The Kier molecular flexibility index (Phi) is 1.53. The molecule has 0 atom stereocenters. The molecular weight excluding hydrogens is 152 g/mol. The van der Waals surface area contributed by atoms with Crippen molar-refractivity contribution in [3.05, 3.63) is 24.0 Å². The normalized spacial score (nSPS) is 11.2. The highest BCUT2D eigenvalue weighted by atomic mass is 15.5. The van der Waals surface area contributed by atoms with Crippen LogP contribution in [0.4, 0.5) is 0 Å². The van der Waals surface area contributed by atoms with Crippen LogP contribution in [0.5, 0.6) is 0 Å². The molecule has 0 aliphatic carbocycles. The maximum Gasteiger partial charge on any atom is 0.111 e. The standard InChI is InChI=1S/C8H10N4/c1-6(2)7-3-4-10-12-8(7)5-9-11-12/h3-6H,1-2H3. The van der Waals surface area contributed by atoms with Crippen LogP contribution in [0, 0.1) is 0 Å². The van der Waals surface area contributed by atoms with Crippen LogP contribution in [-0.2, 0) is 0 Å². The van der Waals surface area contributed by atoms with Crippen molar-refractivity contribution < 1.29 is 0 Å². The number of fused-ring (bicyclic) bond motifs is 1. The van der Waals surface area contributed by atoms with Crippen molar-refractivity contribution in [1.82, 2.24) is 20.0 Å². The Balaban J connectivity index is 2.73. The lowest BCUT2D eigenvalue weighted by Gasteiger charge is -2.04. The molecule has 0 amide bonds. The first-order valence-corrected chi connectivity index (χ1v) is 3.94. The quantitative estimate of drug-likeness (QED) is 0.633. The third kappa shape index (κ3) is 0.958. The first kappa shape index (κ1) is 7.21. The topological polar surface area (TPSA) is 43.1 Å². The Bertz CT molecular complexity index is 391. The zero-order chi connectivity index (χ0) is 8.55. The molecule has 0 aromatic carbocycles. The summed E-state index contributed by atoms with van der Waals surface area (Å²) in [7, 11) is 0. The van der Waals surface area contributed by atoms with Crippen molar-refractivity contribution in [1.29, 1.82) is 0 Å². The van der Waals surface area contributed by atoms with Crippen molar-refractivity contribution >= 4 is 5.52 Å². The molecular formula is C8H10N4. The molecule has 2 aromatic rings. The predicted molar refractivity (Wildman–Crippen MR) is 44.9 cm³/mol. The molecule has 62 valence electrons. The van der Waals surface area contributed by atoms with E-state index >= 15 is 0 Å². The minimum atomic E-state index is 0.481. The second-order valence-electron chi connectivity index (χ2n) is 3.05. The van der Waals surface area contributed by atoms with Gasteiger partial charge in [-0.2, -0.15) is 5.10 Å². The SMILES string of the molecule is CC(C)c1ccnn2nncc12. The summed E-state index contributed by atoms with van der Waals surface area (Å²) in [6.45, 7) is 4.28. The van der Waals surface area contributed by atoms with Gasteiger partial charge in [-0.1, -0.05) is 13.8 Å². The van der Waals surface area contributed by atoms with Crippen molar-refractivity contribution in [2.24, 2.45) is 0 Å². The molecule has 12 heavy (non-hydrogen) atoms. The maximum atomic E-state index is 4.03. The van der Waals surface area contributed by atoms with Crippen LogP contribution in [0.25, 0.3) is 5.52 Å². The zero-order valence-electron chi connectivity index (χ0n) is 7.10. The average Bonchev–Trinajstić information content (AvgIpc) is 2.49. The molecule has 4 heteroatoms. The largest absolute Gasteiger partial charge is 0.157 e. The fourth-order valence-corrected chi connectivity index (χ4v) is 1.25. The number of aromatic nitrogens is 4. The van der Waals surface area contributed by atoms with Crippen LogP contribution in [0.2, 0.25) is 0 Å². The molecule has 0 bridgehead atoms. The van der Waals surface area contributed by atoms with Gasteiger partial charge < -0.3 is 0 Å². The summed E-state index contributed by atoms with van der Waals surface area (Å²) in [6, 6.07) is 2.00. The molecule has 0 aliphatic heterocycles. The van der Waals surface area contributed by atoms with Crippen LogP contribution in [0.15, 0.2) is 18.5 Å². The van der Waals surface area contributed by atoms with E-state index in [0.717, 1.165) is 5.52 Å². The summed E-state index contributed by atoms with van der Waals surface area (Å²) in [5.74, 6) is 0.481. The van der Waals surface area contributed by atoms with E-state index in [4.69, 9.17) is 0 Å². The van der Waals surface area contributed by atoms with Gasteiger partial charge in [-0.25, -0.2) is 0 Å². The first-order chi connectivity index (χ1) is 5.79. The lowest BCUT2D eigenvalue weighted by atomic mass is 10.0. The van der Waals surface area contributed by atoms with Gasteiger partial charge >= 0.3 is 0 Å². The van der Waals surface area contributed by atoms with Gasteiger partial charge in [0.05, 0.1) is 6.20 Å². The number of nitrogens with zero attached hydrogens (tertiary/aromatic N) is 4. The van der Waals surface area contributed by atoms with Crippen molar-refractivity contribution in [2.45, 2.75) is 19.8 Å². The van der Waals surface area contributed by atoms with Crippen LogP contribution in [0.3, 0.4) is 0 Å². The number of hydrogen-bond acceptors (Lipinski definition) is 3. The second-order valence-corrected chi connectivity index (χ2v) is 3.05. The van der Waals surface area contributed by atoms with E-state index in [1.54, 1.807) is 17.0 Å². The van der Waals surface area contributed by atoms with E-state index in [-0.39, 0.29) is 0 Å². The van der Waals surface area contributed by atoms with E-state index in [1.807, 2.05) is 6.07 Å². The van der Waals surface area contributed by atoms with Gasteiger partial charge in [0.25, 0.3) is 0 Å². The van der Waals surface area contributed by atoms with Crippen LogP contribution in [-0.4, -0.2) is 20.0 Å². The molecule has 2 rings (SSSR count). The summed E-state index contributed by atoms with van der Waals surface area (Å²) in [5, 5.41) is 11.6. The highest BCUT2D eigenvalue weighted by Gasteiger charge is 2.05. The predicted octanol–water partition coefficient (Wildman–Crippen LogP) is 1.25. The minimum absolute atomic E-state index is 0.481. The highest BCUT2D eigenvalue weighted by molar-refractivity contribution is 5.51. The van der Waals surface area contributed by atoms with Gasteiger partial charge in [-0.05, 0) is 22.8 Å². The van der Waals surface area contributed by atoms with Gasteiger partial charge in [0.2, 0.25) is 0 Å². The van der Waals surface area contributed by atoms with Crippen molar-refractivity contribution in [3.63, 3.8) is 0 Å². The van der Waals surface area contributed by atoms with Gasteiger partial charge in [-0.15, -0.1) is 9.73 Å². The molecule has 0 unspecified atom stereocenters. The van der Waals surface area contributed by atoms with Crippen LogP contribution >= 0.6 is 0 Å². The molecule has 0 spiro atoms. The molecule has 0 radical (unpaired) electrons. The molecule has 0 fully saturated rings. The summed E-state index contributed by atoms with van der Waals surface area (Å²) in [4.78, 5) is 0. The molecule has 2 heterocycles. The second kappa shape index (κ2) is 2.55. The van der Waals surface area contributed by atoms with Crippen molar-refractivity contribution in [3.8, 4) is 0 Å². The lowest BCUT2D eigenvalue weighted by molar-refractivity contribution is 0.731. The molecule has 0 N–H and O–H groups in total. The Morgan fingerprint density at radius 1 is 1.42 bits per heavy atom. The van der Waals surface area contributed by atoms with Gasteiger partial charge in [0.15, 0.2) is 0 Å². The van der Waals surface area contributed by atoms with Gasteiger partial charge in [0.1, 0.15) is 5.52 Å². The molecule has 4 nitrogen and oxygen atoms in total. The lowest BCUT2D eigenvalue weighted by Crippen LogP contribution is -1.97. The van der Waals surface area contributed by atoms with Gasteiger partial charge in [-0.3, -0.25) is 0 Å². The molecule has 0 aliphatic rings. The number of hydrogen-bond donors (Lipinski definition) is 0. The Morgan fingerprint density at radius 3 is 3.00 bits per heavy atom. The summed E-state index contributed by atoms with van der Waals surface area (Å²) in [6.07, 6.45) is 3.49. The van der Waals surface area contributed by atoms with Crippen molar-refractivity contribution in [2.75, 3.05) is 0 Å². The van der Waals surface area contributed by atoms with Gasteiger partial charge in [0, 0.05) is 6.20 Å². The summed E-state index contributed by atoms with van der Waals surface area (Å²) in [5.41, 5.74) is 2.22. The number of rotatable bonds is 1. The molecule has 2 aromatic heterocycles. The summed E-state index contributed by atoms with van der Waals surface area (Å²) < 4.78 is 1.55. The molecule has 0 saturated carbocycles. The Hall–Kier alpha value is -1.45. The van der Waals surface area contributed by atoms with E-state index in [9.17, 15) is 0 Å². The zero-order valence-corrected chi connectivity index (χ0v) is 7.10. The Labute approximate surface area is 70.2 Å². The molecule has 0 saturated heterocycles. The van der Waals surface area contributed by atoms with E-state index in [0.29, 0.717) is 5.92 Å². The third-order valence-electron chi connectivity index (χ3n) is 1.88. The highest BCUT2D eigenvalue weighted by Crippen LogP contribution is 2.17. The van der Waals surface area contributed by atoms with E-state index in [1.165, 1.54) is 5.56 Å². The monoisotopic (exact) mass is 162 g/mol. The van der Waals surface area contributed by atoms with E-state index < -0.39 is 0 Å². The fourth-order valence-electron chi connectivity index (χ4n) is 1.25. The Morgan fingerprint density at radius 2 is 2.25 bits per heavy atom. The van der Waals surface area contributed by atoms with Crippen LogP contribution < -0.4 is 0 Å². The average molecular weight is 162 g/mol. The smallest absolute Gasteiger partial charge is 0.111 e. The minimum Gasteiger partial charge on any atom is -0.157 e.